The Morgan fingerprint density at radius 2 is 2.24 bits per heavy atom. The van der Waals surface area contributed by atoms with E-state index in [4.69, 9.17) is 4.74 Å². The molecule has 2 nitrogen and oxygen atoms in total. The van der Waals surface area contributed by atoms with Gasteiger partial charge in [-0.2, -0.15) is 0 Å². The zero-order chi connectivity index (χ0) is 12.5. The van der Waals surface area contributed by atoms with Gasteiger partial charge in [0.1, 0.15) is 5.82 Å². The van der Waals surface area contributed by atoms with Gasteiger partial charge in [0.2, 0.25) is 0 Å². The maximum atomic E-state index is 13.3. The maximum absolute atomic E-state index is 13.3. The molecule has 0 aliphatic carbocycles. The zero-order valence-corrected chi connectivity index (χ0v) is 10.7. The van der Waals surface area contributed by atoms with Gasteiger partial charge in [0.05, 0.1) is 11.6 Å². The van der Waals surface area contributed by atoms with Crippen molar-refractivity contribution in [3.8, 4) is 0 Å². The van der Waals surface area contributed by atoms with Gasteiger partial charge in [-0.25, -0.2) is 4.39 Å². The Morgan fingerprint density at radius 3 is 2.76 bits per heavy atom. The van der Waals surface area contributed by atoms with E-state index in [0.29, 0.717) is 5.56 Å². The van der Waals surface area contributed by atoms with Crippen molar-refractivity contribution < 1.29 is 9.13 Å². The van der Waals surface area contributed by atoms with Gasteiger partial charge in [-0.15, -0.1) is 0 Å². The van der Waals surface area contributed by atoms with Gasteiger partial charge < -0.3 is 10.1 Å². The first-order chi connectivity index (χ1) is 8.07. The Labute approximate surface area is 102 Å². The summed E-state index contributed by atoms with van der Waals surface area (Å²) in [6, 6.07) is 5.40. The molecular weight excluding hydrogens is 217 g/mol. The molecular formula is C14H20FNO. The molecule has 2 atom stereocenters. The molecule has 3 heteroatoms. The van der Waals surface area contributed by atoms with Crippen molar-refractivity contribution in [1.82, 2.24) is 5.32 Å². The van der Waals surface area contributed by atoms with Crippen molar-refractivity contribution in [2.24, 2.45) is 0 Å². The van der Waals surface area contributed by atoms with Crippen molar-refractivity contribution in [3.05, 3.63) is 35.1 Å². The van der Waals surface area contributed by atoms with Crippen LogP contribution in [0, 0.1) is 12.7 Å². The molecule has 0 saturated carbocycles. The minimum Gasteiger partial charge on any atom is -0.373 e. The minimum atomic E-state index is -0.182. The van der Waals surface area contributed by atoms with E-state index in [9.17, 15) is 4.39 Å². The summed E-state index contributed by atoms with van der Waals surface area (Å²) in [6.45, 7) is 4.73. The molecule has 2 rings (SSSR count). The average Bonchev–Trinajstić information content (AvgIpc) is 2.72. The molecule has 1 aromatic carbocycles. The van der Waals surface area contributed by atoms with Gasteiger partial charge >= 0.3 is 0 Å². The van der Waals surface area contributed by atoms with Crippen LogP contribution in [0.5, 0.6) is 0 Å². The molecule has 0 radical (unpaired) electrons. The predicted molar refractivity (Wildman–Crippen MR) is 66.5 cm³/mol. The molecule has 1 saturated heterocycles. The highest BCUT2D eigenvalue weighted by Gasteiger charge is 2.38. The minimum absolute atomic E-state index is 0.115. The first-order valence-corrected chi connectivity index (χ1v) is 6.14. The van der Waals surface area contributed by atoms with Crippen molar-refractivity contribution in [2.75, 3.05) is 13.7 Å². The van der Waals surface area contributed by atoms with Crippen LogP contribution in [0.2, 0.25) is 0 Å². The topological polar surface area (TPSA) is 21.3 Å². The Balaban J connectivity index is 2.31. The van der Waals surface area contributed by atoms with Gasteiger partial charge in [0.15, 0.2) is 0 Å². The molecule has 1 fully saturated rings. The number of likely N-dealkylation sites (N-methyl/N-ethyl adjacent to an activating group) is 1. The van der Waals surface area contributed by atoms with Crippen molar-refractivity contribution in [1.29, 1.82) is 0 Å². The molecule has 94 valence electrons. The lowest BCUT2D eigenvalue weighted by Gasteiger charge is -2.33. The molecule has 1 heterocycles. The molecule has 1 aromatic rings. The standard InChI is InChI=1S/C14H20FNO/c1-10-9-11(5-6-12(10)15)13(16-3)14(2)7-4-8-17-14/h5-6,9,13,16H,4,7-8H2,1-3H3. The second-order valence-electron chi connectivity index (χ2n) is 4.99. The molecule has 1 aliphatic heterocycles. The van der Waals surface area contributed by atoms with Crippen LogP contribution in [0.1, 0.15) is 36.9 Å². The van der Waals surface area contributed by atoms with E-state index < -0.39 is 0 Å². The summed E-state index contributed by atoms with van der Waals surface area (Å²) in [7, 11) is 1.93. The SMILES string of the molecule is CNC(c1ccc(F)c(C)c1)C1(C)CCCO1. The van der Waals surface area contributed by atoms with E-state index >= 15 is 0 Å². The quantitative estimate of drug-likeness (QED) is 0.872. The Kier molecular flexibility index (Phi) is 3.50. The largest absolute Gasteiger partial charge is 0.373 e. The maximum Gasteiger partial charge on any atom is 0.126 e. The molecule has 0 aromatic heterocycles. The lowest BCUT2D eigenvalue weighted by atomic mass is 9.87. The predicted octanol–water partition coefficient (Wildman–Crippen LogP) is 2.96. The van der Waals surface area contributed by atoms with Crippen LogP contribution in [0.15, 0.2) is 18.2 Å². The van der Waals surface area contributed by atoms with Crippen LogP contribution in [0.3, 0.4) is 0 Å². The molecule has 0 bridgehead atoms. The number of hydrogen-bond acceptors (Lipinski definition) is 2. The van der Waals surface area contributed by atoms with Gasteiger partial charge in [-0.3, -0.25) is 0 Å². The first kappa shape index (κ1) is 12.5. The van der Waals surface area contributed by atoms with E-state index in [1.54, 1.807) is 6.92 Å². The third kappa shape index (κ3) is 2.35. The summed E-state index contributed by atoms with van der Waals surface area (Å²) in [5, 5.41) is 3.30. The highest BCUT2D eigenvalue weighted by atomic mass is 19.1. The summed E-state index contributed by atoms with van der Waals surface area (Å²) in [5.41, 5.74) is 1.60. The van der Waals surface area contributed by atoms with E-state index in [2.05, 4.69) is 12.2 Å². The third-order valence-corrected chi connectivity index (χ3v) is 3.66. The van der Waals surface area contributed by atoms with E-state index in [0.717, 1.165) is 25.0 Å². The number of halogens is 1. The number of hydrogen-bond donors (Lipinski definition) is 1. The Hall–Kier alpha value is -0.930. The van der Waals surface area contributed by atoms with Gasteiger partial charge in [0, 0.05) is 6.61 Å². The summed E-state index contributed by atoms with van der Waals surface area (Å²) < 4.78 is 19.1. The van der Waals surface area contributed by atoms with Crippen LogP contribution in [-0.4, -0.2) is 19.3 Å². The number of aryl methyl sites for hydroxylation is 1. The van der Waals surface area contributed by atoms with Crippen molar-refractivity contribution in [3.63, 3.8) is 0 Å². The monoisotopic (exact) mass is 237 g/mol. The Bertz CT molecular complexity index is 399. The molecule has 0 amide bonds. The fraction of sp³-hybridized carbons (Fsp3) is 0.571. The summed E-state index contributed by atoms with van der Waals surface area (Å²) in [5.74, 6) is -0.152. The van der Waals surface area contributed by atoms with Crippen molar-refractivity contribution >= 4 is 0 Å². The Morgan fingerprint density at radius 1 is 1.47 bits per heavy atom. The number of nitrogens with one attached hydrogen (secondary N) is 1. The first-order valence-electron chi connectivity index (χ1n) is 6.14. The fourth-order valence-corrected chi connectivity index (χ4v) is 2.70. The molecule has 2 unspecified atom stereocenters. The summed E-state index contributed by atoms with van der Waals surface area (Å²) >= 11 is 0. The van der Waals surface area contributed by atoms with Crippen LogP contribution in [-0.2, 0) is 4.74 Å². The van der Waals surface area contributed by atoms with Crippen LogP contribution < -0.4 is 5.32 Å². The van der Waals surface area contributed by atoms with Gasteiger partial charge in [-0.05, 0) is 50.9 Å². The average molecular weight is 237 g/mol. The molecule has 17 heavy (non-hydrogen) atoms. The van der Waals surface area contributed by atoms with E-state index in [1.165, 1.54) is 6.07 Å². The second kappa shape index (κ2) is 4.75. The van der Waals surface area contributed by atoms with Gasteiger partial charge in [0.25, 0.3) is 0 Å². The zero-order valence-electron chi connectivity index (χ0n) is 10.7. The van der Waals surface area contributed by atoms with E-state index in [1.807, 2.05) is 19.2 Å². The highest BCUT2D eigenvalue weighted by molar-refractivity contribution is 5.28. The lowest BCUT2D eigenvalue weighted by molar-refractivity contribution is -0.0105. The number of rotatable bonds is 3. The van der Waals surface area contributed by atoms with E-state index in [-0.39, 0.29) is 17.5 Å². The second-order valence-corrected chi connectivity index (χ2v) is 4.99. The molecule has 0 spiro atoms. The van der Waals surface area contributed by atoms with Crippen LogP contribution in [0.25, 0.3) is 0 Å². The third-order valence-electron chi connectivity index (χ3n) is 3.66. The summed E-state index contributed by atoms with van der Waals surface area (Å²) in [6.07, 6.45) is 2.13. The van der Waals surface area contributed by atoms with Crippen molar-refractivity contribution in [2.45, 2.75) is 38.3 Å². The smallest absolute Gasteiger partial charge is 0.126 e. The number of ether oxygens (including phenoxy) is 1. The molecule has 1 aliphatic rings. The fourth-order valence-electron chi connectivity index (χ4n) is 2.70. The summed E-state index contributed by atoms with van der Waals surface area (Å²) in [4.78, 5) is 0. The number of benzene rings is 1. The normalized spacial score (nSPS) is 26.1. The lowest BCUT2D eigenvalue weighted by Crippen LogP contribution is -2.39. The molecule has 1 N–H and O–H groups in total. The van der Waals surface area contributed by atoms with Gasteiger partial charge in [-0.1, -0.05) is 12.1 Å². The van der Waals surface area contributed by atoms with Crippen LogP contribution in [0.4, 0.5) is 4.39 Å². The van der Waals surface area contributed by atoms with Crippen LogP contribution >= 0.6 is 0 Å². The highest BCUT2D eigenvalue weighted by Crippen LogP contribution is 2.37.